The molecule has 430 valence electrons. The predicted molar refractivity (Wildman–Crippen MR) is 344 cm³/mol. The Morgan fingerprint density at radius 3 is 1.01 bits per heavy atom. The van der Waals surface area contributed by atoms with Gasteiger partial charge in [-0.15, -0.1) is 25.5 Å². The maximum atomic E-state index is 12.1. The van der Waals surface area contributed by atoms with Crippen LogP contribution in [0.2, 0.25) is 0 Å². The van der Waals surface area contributed by atoms with Crippen molar-refractivity contribution in [3.63, 3.8) is 0 Å². The summed E-state index contributed by atoms with van der Waals surface area (Å²) < 4.78 is 55.3. The molecule has 0 aliphatic heterocycles. The Morgan fingerprint density at radius 1 is 0.543 bits per heavy atom. The number of alkyl halides is 1. The number of hydrogen-bond acceptors (Lipinski definition) is 11. The van der Waals surface area contributed by atoms with Crippen LogP contribution in [0.1, 0.15) is 26.8 Å². The number of benzene rings is 7. The molecule has 9 aromatic rings. The number of ether oxygens (including phenoxy) is 3. The number of rotatable bonds is 5. The topological polar surface area (TPSA) is 160 Å². The highest BCUT2D eigenvalue weighted by molar-refractivity contribution is 9.10. The molecule has 16 heteroatoms. The highest BCUT2D eigenvalue weighted by Gasteiger charge is 2.03. The zero-order valence-corrected chi connectivity index (χ0v) is 49.5. The van der Waals surface area contributed by atoms with E-state index >= 15 is 0 Å². The van der Waals surface area contributed by atoms with Gasteiger partial charge in [0, 0.05) is 72.6 Å². The van der Waals surface area contributed by atoms with Gasteiger partial charge >= 0.3 is 0 Å². The molecule has 0 amide bonds. The summed E-state index contributed by atoms with van der Waals surface area (Å²) in [7, 11) is 5.72. The second-order valence-corrected chi connectivity index (χ2v) is 14.9. The third-order valence-electron chi connectivity index (χ3n) is 7.34. The van der Waals surface area contributed by atoms with Gasteiger partial charge in [0.25, 0.3) is 11.4 Å². The van der Waals surface area contributed by atoms with Gasteiger partial charge < -0.3 is 19.3 Å². The fraction of sp³-hybridized carbons (Fsp3) is 0.138. The van der Waals surface area contributed by atoms with Crippen molar-refractivity contribution in [2.75, 3.05) is 40.4 Å². The number of nitro groups is 2. The number of aromatic nitrogens is 2. The van der Waals surface area contributed by atoms with Gasteiger partial charge in [-0.05, 0) is 60.7 Å². The van der Waals surface area contributed by atoms with Crippen molar-refractivity contribution in [3.8, 4) is 36.2 Å². The summed E-state index contributed by atoms with van der Waals surface area (Å²) in [5, 5.41) is 27.8. The molecule has 0 atom stereocenters. The molecule has 0 aliphatic carbocycles. The minimum Gasteiger partial charge on any atom is -0.497 e. The first kappa shape index (κ1) is 72.5. The van der Waals surface area contributed by atoms with Crippen molar-refractivity contribution in [2.45, 2.75) is 26.2 Å². The van der Waals surface area contributed by atoms with E-state index in [9.17, 15) is 24.6 Å². The quantitative estimate of drug-likeness (QED) is 0.0558. The molecular weight excluding hydrogens is 1180 g/mol. The SMILES string of the molecule is Brc1ccncc1.C.C#CCBr.C#CCOC.CC.CO.COc1ccc([N+](=O)[O-])cc1.COc1ccncc1.O=[N+]([O-])c1ccc(F)cc1.Sc1ccccc1.[3H]c1ccccc1.[3H]c1ccccc1.[3H]c1ccccc1.[3H]c1ccccc1. The minimum atomic E-state index is -0.570. The molecule has 1 N–H and O–H groups in total. The molecule has 0 saturated heterocycles. The van der Waals surface area contributed by atoms with Gasteiger partial charge in [-0.1, -0.05) is 229 Å². The van der Waals surface area contributed by atoms with E-state index in [-0.39, 0.29) is 18.8 Å². The molecule has 0 saturated carbocycles. The molecule has 0 fully saturated rings. The van der Waals surface area contributed by atoms with E-state index in [1.54, 1.807) is 112 Å². The number of aliphatic hydroxyl groups is 1. The van der Waals surface area contributed by atoms with Crippen molar-refractivity contribution in [1.82, 2.24) is 9.97 Å². The molecule has 9 rings (SSSR count). The number of hydrogen-bond donors (Lipinski definition) is 2. The first-order chi connectivity index (χ1) is 40.6. The first-order valence-corrected chi connectivity index (χ1v) is 25.8. The lowest BCUT2D eigenvalue weighted by molar-refractivity contribution is -0.385. The summed E-state index contributed by atoms with van der Waals surface area (Å²) in [4.78, 5) is 27.8. The second kappa shape index (κ2) is 67.6. The van der Waals surface area contributed by atoms with Crippen LogP contribution in [0.4, 0.5) is 15.8 Å². The average molecular weight is 1260 g/mol. The standard InChI is InChI=1S/C7H7NO3.C6H4FNO2.C6H7NO.C6H6S.4C6H6.C5H4BrN.C4H6O.C3H3Br.C2H6.CH4O.CH4/c1-11-7-4-2-6(3-5-7)8(9)10;7-5-1-3-6(4-2-5)8(9)10;1-8-6-2-4-7-5-3-6;7-6-4-2-1-3-5-6;4*1-2-4-6-5-3-1;6-5-1-3-7-4-2-5;1-3-4-5-2;1-2-3-4;2*1-2;/h2-5H,1H3;1-4H;2-5H,1H3;1-5,7H;4*1-6H;1-4H;1H,4H2,2H3;1H,3H2;1-2H3;2H,1H3;1H4/i;;;;4*1T;;;;;;. The highest BCUT2D eigenvalue weighted by Crippen LogP contribution is 2.16. The number of non-ortho nitro benzene ring substituents is 2. The van der Waals surface area contributed by atoms with Crippen LogP contribution in [0, 0.1) is 50.7 Å². The van der Waals surface area contributed by atoms with Gasteiger partial charge in [-0.25, -0.2) is 4.39 Å². The van der Waals surface area contributed by atoms with Gasteiger partial charge in [0.05, 0.1) is 34.9 Å². The lowest BCUT2D eigenvalue weighted by Gasteiger charge is -1.96. The van der Waals surface area contributed by atoms with Gasteiger partial charge in [-0.2, -0.15) is 0 Å². The van der Waals surface area contributed by atoms with Crippen molar-refractivity contribution >= 4 is 55.9 Å². The lowest BCUT2D eigenvalue weighted by Crippen LogP contribution is -1.87. The van der Waals surface area contributed by atoms with Gasteiger partial charge in [-0.3, -0.25) is 30.2 Å². The van der Waals surface area contributed by atoms with E-state index in [1.807, 2.05) is 129 Å². The summed E-state index contributed by atoms with van der Waals surface area (Å²) >= 11 is 10.4. The monoisotopic (exact) mass is 1260 g/mol. The fourth-order valence-corrected chi connectivity index (χ4v) is 4.36. The molecule has 2 heterocycles. The zero-order valence-electron chi connectivity index (χ0n) is 49.4. The van der Waals surface area contributed by atoms with Gasteiger partial charge in [0.2, 0.25) is 0 Å². The normalized spacial score (nSPS) is 8.60. The van der Waals surface area contributed by atoms with Crippen molar-refractivity contribution in [2.24, 2.45) is 0 Å². The number of pyridine rings is 2. The summed E-state index contributed by atoms with van der Waals surface area (Å²) in [6.07, 6.45) is 16.4. The first-order valence-electron chi connectivity index (χ1n) is 25.4. The largest absolute Gasteiger partial charge is 0.497 e. The van der Waals surface area contributed by atoms with Crippen LogP contribution >= 0.6 is 44.5 Å². The summed E-state index contributed by atoms with van der Waals surface area (Å²) in [5.74, 6) is 5.64. The molecule has 0 bridgehead atoms. The smallest absolute Gasteiger partial charge is 0.269 e. The minimum absolute atomic E-state index is 0. The van der Waals surface area contributed by atoms with Crippen LogP contribution in [-0.2, 0) is 4.74 Å². The van der Waals surface area contributed by atoms with Crippen LogP contribution in [0.25, 0.3) is 0 Å². The van der Waals surface area contributed by atoms with Crippen LogP contribution in [0.3, 0.4) is 0 Å². The maximum absolute atomic E-state index is 12.1. The molecule has 12 nitrogen and oxygen atoms in total. The number of halogens is 3. The van der Waals surface area contributed by atoms with Crippen LogP contribution in [0.5, 0.6) is 11.5 Å². The maximum Gasteiger partial charge on any atom is 0.269 e. The van der Waals surface area contributed by atoms with Gasteiger partial charge in [0.1, 0.15) is 23.9 Å². The average Bonchev–Trinajstić information content (AvgIpc) is 3.54. The van der Waals surface area contributed by atoms with E-state index in [0.717, 1.165) is 46.5 Å². The number of nitro benzene ring substituents is 2. The zero-order chi connectivity index (χ0) is 63.9. The number of aliphatic hydroxyl groups excluding tert-OH is 1. The Kier molecular flexibility index (Phi) is 60.5. The molecule has 81 heavy (non-hydrogen) atoms. The number of nitrogens with zero attached hydrogens (tertiary/aromatic N) is 4. The fourth-order valence-electron chi connectivity index (χ4n) is 3.95. The predicted octanol–water partition coefficient (Wildman–Crippen LogP) is 17.5. The van der Waals surface area contributed by atoms with E-state index in [2.05, 4.69) is 71.0 Å². The molecule has 2 aromatic heterocycles. The lowest BCUT2D eigenvalue weighted by atomic mass is 10.3. The summed E-state index contributed by atoms with van der Waals surface area (Å²) in [6, 6.07) is 66.1. The Labute approximate surface area is 508 Å². The number of thiol groups is 1. The second-order valence-electron chi connectivity index (χ2n) is 12.9. The van der Waals surface area contributed by atoms with Crippen molar-refractivity contribution < 1.29 is 39.0 Å². The molecular formula is C65H75Br2FN4O8S. The van der Waals surface area contributed by atoms with Crippen LogP contribution in [0.15, 0.2) is 283 Å². The molecule has 0 aliphatic rings. The Morgan fingerprint density at radius 2 is 0.827 bits per heavy atom. The van der Waals surface area contributed by atoms with E-state index in [1.165, 1.54) is 19.2 Å². The Bertz CT molecular complexity index is 2650. The van der Waals surface area contributed by atoms with E-state index in [0.29, 0.717) is 41.9 Å². The third kappa shape index (κ3) is 62.2. The summed E-state index contributed by atoms with van der Waals surface area (Å²) in [6.45, 7) is 4.42. The van der Waals surface area contributed by atoms with Crippen molar-refractivity contribution in [1.29, 1.82) is 0 Å². The third-order valence-corrected chi connectivity index (χ3v) is 8.49. The van der Waals surface area contributed by atoms with Gasteiger partial charge in [0.15, 0.2) is 0 Å². The number of methoxy groups -OCH3 is 3. The van der Waals surface area contributed by atoms with E-state index in [4.69, 9.17) is 32.9 Å². The Hall–Kier alpha value is -8.48. The van der Waals surface area contributed by atoms with Crippen molar-refractivity contribution in [3.05, 3.63) is 304 Å². The van der Waals surface area contributed by atoms with Crippen LogP contribution in [-0.4, -0.2) is 65.3 Å². The summed E-state index contributed by atoms with van der Waals surface area (Å²) in [5.41, 5.74) is -0.0211. The molecule has 0 unspecified atom stereocenters. The molecule has 0 radical (unpaired) electrons. The van der Waals surface area contributed by atoms with Crippen LogP contribution < -0.4 is 9.47 Å². The Balaban J connectivity index is -0.000000276. The number of terminal acetylenes is 2. The molecule has 7 aromatic carbocycles. The highest BCUT2D eigenvalue weighted by atomic mass is 79.9. The molecule has 0 spiro atoms. The van der Waals surface area contributed by atoms with E-state index < -0.39 is 15.7 Å².